The second-order valence-corrected chi connectivity index (χ2v) is 19.5. The highest BCUT2D eigenvalue weighted by atomic mass is 19.4. The van der Waals surface area contributed by atoms with Gasteiger partial charge in [0, 0.05) is 36.6 Å². The van der Waals surface area contributed by atoms with Crippen LogP contribution >= 0.6 is 0 Å². The van der Waals surface area contributed by atoms with Crippen LogP contribution in [0.25, 0.3) is 45.1 Å². The van der Waals surface area contributed by atoms with E-state index in [9.17, 15) is 26.7 Å². The van der Waals surface area contributed by atoms with Crippen LogP contribution in [0, 0.1) is 25.5 Å². The number of carbonyl (C=O) groups is 2. The largest absolute Gasteiger partial charge is 0.490 e. The average molecular weight is 1050 g/mol. The number of fused-ring (bicyclic) bond motifs is 2. The Bertz CT molecular complexity index is 3350. The van der Waals surface area contributed by atoms with E-state index in [4.69, 9.17) is 26.1 Å². The molecule has 0 unspecified atom stereocenters. The summed E-state index contributed by atoms with van der Waals surface area (Å²) in [5.41, 5.74) is 19.9. The minimum Gasteiger partial charge on any atom is -0.475 e. The van der Waals surface area contributed by atoms with Gasteiger partial charge in [0.1, 0.15) is 40.5 Å². The first-order chi connectivity index (χ1) is 36.1. The summed E-state index contributed by atoms with van der Waals surface area (Å²) in [5, 5.41) is 10.5. The van der Waals surface area contributed by atoms with Crippen molar-refractivity contribution in [1.82, 2.24) is 59.2 Å². The molecule has 398 valence electrons. The molecule has 1 amide bonds. The molecule has 6 aromatic heterocycles. The van der Waals surface area contributed by atoms with E-state index in [0.29, 0.717) is 101 Å². The first kappa shape index (κ1) is 54.1. The highest BCUT2D eigenvalue weighted by Gasteiger charge is 2.38. The lowest BCUT2D eigenvalue weighted by molar-refractivity contribution is -0.192. The van der Waals surface area contributed by atoms with E-state index in [1.807, 2.05) is 29.9 Å². The van der Waals surface area contributed by atoms with Crippen LogP contribution in [0.15, 0.2) is 85.5 Å². The van der Waals surface area contributed by atoms with Crippen LogP contribution in [-0.2, 0) is 22.6 Å². The number of aliphatic carboxylic acids is 1. The van der Waals surface area contributed by atoms with Gasteiger partial charge in [-0.25, -0.2) is 48.3 Å². The molecule has 18 nitrogen and oxygen atoms in total. The zero-order valence-corrected chi connectivity index (χ0v) is 42.4. The van der Waals surface area contributed by atoms with Crippen LogP contribution in [0.5, 0.6) is 0 Å². The van der Waals surface area contributed by atoms with E-state index in [1.165, 1.54) is 29.5 Å². The van der Waals surface area contributed by atoms with Gasteiger partial charge in [0.05, 0.1) is 25.5 Å². The van der Waals surface area contributed by atoms with Gasteiger partial charge in [0.2, 0.25) is 0 Å². The average Bonchev–Trinajstić information content (AvgIpc) is 3.93. The minimum absolute atomic E-state index is 0.247. The fraction of sp³-hybridized carbons (Fsp3) is 0.358. The number of carbonyl (C=O) groups excluding carboxylic acids is 1. The molecule has 23 heteroatoms. The van der Waals surface area contributed by atoms with E-state index in [0.717, 1.165) is 56.1 Å². The van der Waals surface area contributed by atoms with Gasteiger partial charge in [0.25, 0.3) is 0 Å². The number of pyridine rings is 2. The fourth-order valence-electron chi connectivity index (χ4n) is 9.11. The smallest absolute Gasteiger partial charge is 0.475 e. The Kier molecular flexibility index (Phi) is 16.2. The number of nitrogens with zero attached hydrogens (tertiary/aromatic N) is 11. The lowest BCUT2D eigenvalue weighted by atomic mass is 9.89. The number of imidazole rings is 2. The van der Waals surface area contributed by atoms with Crippen LogP contribution in [0.1, 0.15) is 92.2 Å². The Morgan fingerprint density at radius 3 is 1.45 bits per heavy atom. The van der Waals surface area contributed by atoms with Crippen LogP contribution in [0.2, 0.25) is 0 Å². The maximum atomic E-state index is 14.0. The third kappa shape index (κ3) is 13.2. The third-order valence-corrected chi connectivity index (χ3v) is 12.7. The summed E-state index contributed by atoms with van der Waals surface area (Å²) >= 11 is 0. The number of alkyl halides is 3. The Balaban J connectivity index is 0.000000182. The number of halogens is 5. The number of aryl methyl sites for hydroxylation is 2. The number of likely N-dealkylation sites (tertiary alicyclic amines) is 1. The first-order valence-electron chi connectivity index (χ1n) is 24.5. The topological polar surface area (TPSA) is 244 Å². The molecule has 2 fully saturated rings. The number of rotatable bonds is 8. The summed E-state index contributed by atoms with van der Waals surface area (Å²) < 4.78 is 69.0. The quantitative estimate of drug-likeness (QED) is 0.104. The maximum Gasteiger partial charge on any atom is 0.490 e. The molecule has 10 rings (SSSR count). The van der Waals surface area contributed by atoms with Gasteiger partial charge in [-0.2, -0.15) is 13.2 Å². The van der Waals surface area contributed by atoms with Gasteiger partial charge in [-0.1, -0.05) is 48.5 Å². The Morgan fingerprint density at radius 2 is 1.07 bits per heavy atom. The molecule has 0 aliphatic carbocycles. The molecule has 8 aromatic rings. The Hall–Kier alpha value is -8.21. The number of nitrogens with two attached hydrogens (primary N) is 2. The molecule has 76 heavy (non-hydrogen) atoms. The van der Waals surface area contributed by atoms with E-state index >= 15 is 0 Å². The summed E-state index contributed by atoms with van der Waals surface area (Å²) in [6.07, 6.45) is 4.27. The van der Waals surface area contributed by atoms with Crippen LogP contribution in [0.4, 0.5) is 38.4 Å². The summed E-state index contributed by atoms with van der Waals surface area (Å²) in [7, 11) is 0. The number of amides is 1. The minimum atomic E-state index is -5.08. The molecular formula is C53H57F5N14O4. The molecule has 0 spiro atoms. The number of anilines is 2. The van der Waals surface area contributed by atoms with E-state index in [1.54, 1.807) is 31.1 Å². The third-order valence-electron chi connectivity index (χ3n) is 12.7. The predicted octanol–water partition coefficient (Wildman–Crippen LogP) is 9.15. The lowest BCUT2D eigenvalue weighted by Crippen LogP contribution is -2.41. The number of benzene rings is 2. The Morgan fingerprint density at radius 1 is 0.658 bits per heavy atom. The summed E-state index contributed by atoms with van der Waals surface area (Å²) in [5.74, 6) is 0.147. The van der Waals surface area contributed by atoms with Crippen molar-refractivity contribution < 1.29 is 41.4 Å². The maximum absolute atomic E-state index is 14.0. The zero-order chi connectivity index (χ0) is 54.5. The molecule has 0 saturated carbocycles. The van der Waals surface area contributed by atoms with Gasteiger partial charge in [-0.05, 0) is 120 Å². The fourth-order valence-corrected chi connectivity index (χ4v) is 9.11. The number of ether oxygens (including phenoxy) is 1. The second-order valence-electron chi connectivity index (χ2n) is 19.5. The zero-order valence-electron chi connectivity index (χ0n) is 42.4. The SMILES string of the molecule is Cc1nc(N)c2nc(-c3cncc(F)c3)n(Cc3ccc(C4CCN(C(=O)OC(C)(C)C)CC4)cc3)c2n1.Cc1nc(N)c2nc(-c3cncc(F)c3)n(Cc3ccc(C4CCNCC4)cc3)c2n1.O=C(O)C(F)(F)F. The van der Waals surface area contributed by atoms with E-state index < -0.39 is 29.4 Å². The molecule has 8 heterocycles. The summed E-state index contributed by atoms with van der Waals surface area (Å²) in [6, 6.07) is 20.0. The summed E-state index contributed by atoms with van der Waals surface area (Å²) in [4.78, 5) is 58.0. The molecule has 2 aromatic carbocycles. The first-order valence-corrected chi connectivity index (χ1v) is 24.5. The van der Waals surface area contributed by atoms with Crippen LogP contribution in [-0.4, -0.2) is 109 Å². The normalized spacial score (nSPS) is 14.5. The van der Waals surface area contributed by atoms with Gasteiger partial charge >= 0.3 is 18.2 Å². The Labute approximate surface area is 433 Å². The van der Waals surface area contributed by atoms with Crippen LogP contribution < -0.4 is 16.8 Å². The van der Waals surface area contributed by atoms with Crippen molar-refractivity contribution in [1.29, 1.82) is 0 Å². The van der Waals surface area contributed by atoms with Crippen molar-refractivity contribution in [2.45, 2.75) is 97.0 Å². The van der Waals surface area contributed by atoms with E-state index in [2.05, 4.69) is 93.7 Å². The number of nitrogens with one attached hydrogen (secondary N) is 1. The van der Waals surface area contributed by atoms with Gasteiger partial charge in [-0.15, -0.1) is 0 Å². The van der Waals surface area contributed by atoms with Gasteiger partial charge < -0.3 is 40.7 Å². The van der Waals surface area contributed by atoms with Crippen molar-refractivity contribution in [3.8, 4) is 22.8 Å². The highest BCUT2D eigenvalue weighted by Crippen LogP contribution is 2.33. The van der Waals surface area contributed by atoms with Crippen molar-refractivity contribution in [2.75, 3.05) is 37.6 Å². The van der Waals surface area contributed by atoms with E-state index in [-0.39, 0.29) is 11.9 Å². The number of hydrogen-bond acceptors (Lipinski definition) is 14. The van der Waals surface area contributed by atoms with Crippen molar-refractivity contribution in [3.05, 3.63) is 131 Å². The second kappa shape index (κ2) is 22.7. The number of carboxylic acids is 1. The van der Waals surface area contributed by atoms with Crippen molar-refractivity contribution in [3.63, 3.8) is 0 Å². The molecule has 0 radical (unpaired) electrons. The molecule has 2 saturated heterocycles. The van der Waals surface area contributed by atoms with Gasteiger partial charge in [-0.3, -0.25) is 9.97 Å². The number of hydrogen-bond donors (Lipinski definition) is 4. The van der Waals surface area contributed by atoms with Crippen molar-refractivity contribution in [2.24, 2.45) is 0 Å². The number of piperidine rings is 2. The monoisotopic (exact) mass is 1050 g/mol. The number of carboxylic acid groups (broad SMARTS) is 1. The molecular weight excluding hydrogens is 992 g/mol. The number of nitrogen functional groups attached to an aromatic ring is 2. The standard InChI is InChI=1S/C28H32FN7O2.C23H24FN7.C2HF3O2/c1-17-32-24(30)23-26(33-17)36(25(34-23)21-13-22(29)15-31-14-21)16-18-5-7-19(8-6-18)20-9-11-35(12-10-20)27(37)38-28(2,3)4;1-14-28-21(25)20-23(29-14)31(22(30-20)18-10-19(24)12-27-11-18)13-15-2-4-16(5-3-15)17-6-8-26-9-7-17;3-2(4,5)1(6)7/h5-8,13-15,20H,9-12,16H2,1-4H3,(H2,30,32,33);2-5,10-12,17,26H,6-9,13H2,1H3,(H2,25,28,29);(H,6,7). The van der Waals surface area contributed by atoms with Gasteiger partial charge in [0.15, 0.2) is 34.0 Å². The molecule has 2 aliphatic rings. The van der Waals surface area contributed by atoms with Crippen molar-refractivity contribution >= 4 is 46.0 Å². The molecule has 0 atom stereocenters. The number of aromatic nitrogens is 10. The molecule has 2 aliphatic heterocycles. The van der Waals surface area contributed by atoms with Crippen LogP contribution in [0.3, 0.4) is 0 Å². The highest BCUT2D eigenvalue weighted by molar-refractivity contribution is 5.86. The summed E-state index contributed by atoms with van der Waals surface area (Å²) in [6.45, 7) is 13.7. The predicted molar refractivity (Wildman–Crippen MR) is 275 cm³/mol. The molecule has 6 N–H and O–H groups in total. The lowest BCUT2D eigenvalue weighted by Gasteiger charge is -2.33. The molecule has 0 bridgehead atoms.